The Balaban J connectivity index is 1.48. The first kappa shape index (κ1) is 20.8. The van der Waals surface area contributed by atoms with Crippen molar-refractivity contribution in [1.82, 2.24) is 19.6 Å². The minimum atomic E-state index is -0.107. The van der Waals surface area contributed by atoms with Gasteiger partial charge in [0.25, 0.3) is 0 Å². The highest BCUT2D eigenvalue weighted by Gasteiger charge is 2.34. The van der Waals surface area contributed by atoms with Crippen LogP contribution in [-0.4, -0.2) is 63.6 Å². The molecular formula is C21H35N5O2. The number of hydrogen-bond donors (Lipinski definition) is 1. The average molecular weight is 390 g/mol. The lowest BCUT2D eigenvalue weighted by molar-refractivity contribution is -0.139. The SMILES string of the molecule is CCn1cc(NC(=O)C2CCN(C(C)C(=O)N3CC(C)CC(C)C3)CC2)cn1. The highest BCUT2D eigenvalue weighted by Crippen LogP contribution is 2.25. The number of anilines is 1. The molecule has 2 aliphatic heterocycles. The number of aryl methyl sites for hydroxylation is 1. The Hall–Kier alpha value is -1.89. The molecule has 2 amide bonds. The molecule has 2 saturated heterocycles. The largest absolute Gasteiger partial charge is 0.341 e. The monoisotopic (exact) mass is 389 g/mol. The predicted molar refractivity (Wildman–Crippen MR) is 110 cm³/mol. The van der Waals surface area contributed by atoms with Gasteiger partial charge in [-0.15, -0.1) is 0 Å². The van der Waals surface area contributed by atoms with Gasteiger partial charge in [-0.25, -0.2) is 0 Å². The quantitative estimate of drug-likeness (QED) is 0.840. The van der Waals surface area contributed by atoms with E-state index in [4.69, 9.17) is 0 Å². The molecule has 3 heterocycles. The average Bonchev–Trinajstić information content (AvgIpc) is 3.13. The van der Waals surface area contributed by atoms with Crippen LogP contribution >= 0.6 is 0 Å². The lowest BCUT2D eigenvalue weighted by Crippen LogP contribution is -2.53. The number of aromatic nitrogens is 2. The van der Waals surface area contributed by atoms with Gasteiger partial charge in [0.2, 0.25) is 11.8 Å². The molecule has 2 aliphatic rings. The van der Waals surface area contributed by atoms with Crippen LogP contribution in [-0.2, 0) is 16.1 Å². The number of amides is 2. The van der Waals surface area contributed by atoms with E-state index in [2.05, 4.69) is 29.2 Å². The number of rotatable bonds is 5. The van der Waals surface area contributed by atoms with Crippen molar-refractivity contribution in [2.75, 3.05) is 31.5 Å². The smallest absolute Gasteiger partial charge is 0.239 e. The molecule has 3 unspecified atom stereocenters. The van der Waals surface area contributed by atoms with Crippen LogP contribution in [0, 0.1) is 17.8 Å². The molecule has 0 aromatic carbocycles. The van der Waals surface area contributed by atoms with Crippen molar-refractivity contribution in [2.45, 2.75) is 59.5 Å². The van der Waals surface area contributed by atoms with Gasteiger partial charge in [-0.1, -0.05) is 13.8 Å². The number of piperidine rings is 2. The summed E-state index contributed by atoms with van der Waals surface area (Å²) in [6, 6.07) is -0.107. The maximum absolute atomic E-state index is 13.0. The highest BCUT2D eigenvalue weighted by molar-refractivity contribution is 5.92. The zero-order valence-corrected chi connectivity index (χ0v) is 17.7. The summed E-state index contributed by atoms with van der Waals surface area (Å²) in [6.07, 6.45) is 6.33. The van der Waals surface area contributed by atoms with Gasteiger partial charge in [-0.2, -0.15) is 5.10 Å². The van der Waals surface area contributed by atoms with E-state index in [1.807, 2.05) is 24.9 Å². The van der Waals surface area contributed by atoms with Crippen molar-refractivity contribution in [3.05, 3.63) is 12.4 Å². The number of hydrogen-bond acceptors (Lipinski definition) is 4. The van der Waals surface area contributed by atoms with Crippen molar-refractivity contribution < 1.29 is 9.59 Å². The molecule has 1 aromatic rings. The summed E-state index contributed by atoms with van der Waals surface area (Å²) in [4.78, 5) is 29.8. The molecule has 0 spiro atoms. The van der Waals surface area contributed by atoms with Crippen molar-refractivity contribution in [1.29, 1.82) is 0 Å². The fourth-order valence-electron chi connectivity index (χ4n) is 4.66. The third-order valence-electron chi connectivity index (χ3n) is 6.21. The van der Waals surface area contributed by atoms with E-state index in [1.165, 1.54) is 6.42 Å². The number of nitrogens with zero attached hydrogens (tertiary/aromatic N) is 4. The fourth-order valence-corrected chi connectivity index (χ4v) is 4.66. The van der Waals surface area contributed by atoms with Crippen LogP contribution < -0.4 is 5.32 Å². The van der Waals surface area contributed by atoms with Crippen LogP contribution in [0.5, 0.6) is 0 Å². The van der Waals surface area contributed by atoms with Gasteiger partial charge in [-0.05, 0) is 58.0 Å². The maximum atomic E-state index is 13.0. The zero-order valence-electron chi connectivity index (χ0n) is 17.7. The molecule has 0 saturated carbocycles. The topological polar surface area (TPSA) is 70.5 Å². The first-order valence-corrected chi connectivity index (χ1v) is 10.7. The summed E-state index contributed by atoms with van der Waals surface area (Å²) in [7, 11) is 0. The Labute approximate surface area is 168 Å². The molecule has 7 heteroatoms. The van der Waals surface area contributed by atoms with E-state index >= 15 is 0 Å². The van der Waals surface area contributed by atoms with Gasteiger partial charge in [-0.3, -0.25) is 19.2 Å². The number of carbonyl (C=O) groups excluding carboxylic acids is 2. The van der Waals surface area contributed by atoms with Crippen molar-refractivity contribution >= 4 is 17.5 Å². The van der Waals surface area contributed by atoms with Gasteiger partial charge in [0, 0.05) is 31.7 Å². The Morgan fingerprint density at radius 3 is 2.43 bits per heavy atom. The van der Waals surface area contributed by atoms with Gasteiger partial charge in [0.05, 0.1) is 17.9 Å². The predicted octanol–water partition coefficient (Wildman–Crippen LogP) is 2.45. The summed E-state index contributed by atoms with van der Waals surface area (Å²) in [5.41, 5.74) is 0.756. The first-order chi connectivity index (χ1) is 13.4. The molecule has 2 fully saturated rings. The lowest BCUT2D eigenvalue weighted by Gasteiger charge is -2.40. The molecule has 0 aliphatic carbocycles. The Kier molecular flexibility index (Phi) is 6.75. The van der Waals surface area contributed by atoms with Gasteiger partial charge in [0.15, 0.2) is 0 Å². The van der Waals surface area contributed by atoms with E-state index in [9.17, 15) is 9.59 Å². The van der Waals surface area contributed by atoms with Crippen LogP contribution in [0.1, 0.15) is 47.0 Å². The Morgan fingerprint density at radius 2 is 1.86 bits per heavy atom. The Bertz CT molecular complexity index is 670. The number of nitrogens with one attached hydrogen (secondary N) is 1. The summed E-state index contributed by atoms with van der Waals surface area (Å²) >= 11 is 0. The zero-order chi connectivity index (χ0) is 20.3. The fraction of sp³-hybridized carbons (Fsp3) is 0.762. The third kappa shape index (κ3) is 4.93. The molecule has 156 valence electrons. The second-order valence-corrected chi connectivity index (χ2v) is 8.75. The van der Waals surface area contributed by atoms with E-state index in [0.717, 1.165) is 51.3 Å². The normalized spacial score (nSPS) is 25.5. The molecule has 0 bridgehead atoms. The number of carbonyl (C=O) groups is 2. The van der Waals surface area contributed by atoms with Crippen LogP contribution in [0.3, 0.4) is 0 Å². The molecule has 1 aromatic heterocycles. The standard InChI is InChI=1S/C21H35N5O2/c1-5-26-14-19(11-22-26)23-20(27)18-6-8-24(9-7-18)17(4)21(28)25-12-15(2)10-16(3)13-25/h11,14-18H,5-10,12-13H2,1-4H3,(H,23,27). The molecule has 3 rings (SSSR count). The summed E-state index contributed by atoms with van der Waals surface area (Å²) < 4.78 is 1.80. The van der Waals surface area contributed by atoms with E-state index < -0.39 is 0 Å². The van der Waals surface area contributed by atoms with Crippen LogP contribution in [0.2, 0.25) is 0 Å². The van der Waals surface area contributed by atoms with Gasteiger partial charge in [0.1, 0.15) is 0 Å². The minimum Gasteiger partial charge on any atom is -0.341 e. The second-order valence-electron chi connectivity index (χ2n) is 8.75. The van der Waals surface area contributed by atoms with Gasteiger partial charge >= 0.3 is 0 Å². The van der Waals surface area contributed by atoms with Crippen molar-refractivity contribution in [2.24, 2.45) is 17.8 Å². The number of likely N-dealkylation sites (tertiary alicyclic amines) is 2. The maximum Gasteiger partial charge on any atom is 0.239 e. The van der Waals surface area contributed by atoms with Crippen LogP contribution in [0.15, 0.2) is 12.4 Å². The molecular weight excluding hydrogens is 354 g/mol. The molecule has 3 atom stereocenters. The van der Waals surface area contributed by atoms with E-state index in [0.29, 0.717) is 11.8 Å². The third-order valence-corrected chi connectivity index (χ3v) is 6.21. The van der Waals surface area contributed by atoms with Crippen molar-refractivity contribution in [3.8, 4) is 0 Å². The molecule has 28 heavy (non-hydrogen) atoms. The summed E-state index contributed by atoms with van der Waals surface area (Å²) in [5.74, 6) is 1.46. The van der Waals surface area contributed by atoms with Crippen LogP contribution in [0.25, 0.3) is 0 Å². The Morgan fingerprint density at radius 1 is 1.21 bits per heavy atom. The van der Waals surface area contributed by atoms with E-state index in [-0.39, 0.29) is 23.8 Å². The van der Waals surface area contributed by atoms with Gasteiger partial charge < -0.3 is 10.2 Å². The summed E-state index contributed by atoms with van der Waals surface area (Å²) in [5, 5.41) is 7.17. The van der Waals surface area contributed by atoms with E-state index in [1.54, 1.807) is 10.9 Å². The second kappa shape index (κ2) is 9.07. The lowest BCUT2D eigenvalue weighted by atomic mass is 9.91. The highest BCUT2D eigenvalue weighted by atomic mass is 16.2. The van der Waals surface area contributed by atoms with Crippen LogP contribution in [0.4, 0.5) is 5.69 Å². The summed E-state index contributed by atoms with van der Waals surface area (Å²) in [6.45, 7) is 12.6. The molecule has 1 N–H and O–H groups in total. The van der Waals surface area contributed by atoms with Crippen molar-refractivity contribution in [3.63, 3.8) is 0 Å². The molecule has 7 nitrogen and oxygen atoms in total. The first-order valence-electron chi connectivity index (χ1n) is 10.7. The molecule has 0 radical (unpaired) electrons. The minimum absolute atomic E-state index is 0.00133.